The maximum absolute atomic E-state index is 13.1. The highest BCUT2D eigenvalue weighted by Gasteiger charge is 2.19. The molecular weight excluding hydrogens is 428 g/mol. The van der Waals surface area contributed by atoms with E-state index in [1.54, 1.807) is 0 Å². The minimum Gasteiger partial charge on any atom is -0.326 e. The molecule has 0 heterocycles. The van der Waals surface area contributed by atoms with Gasteiger partial charge in [-0.3, -0.25) is 9.59 Å². The summed E-state index contributed by atoms with van der Waals surface area (Å²) in [5.74, 6) is -0.0959. The van der Waals surface area contributed by atoms with Gasteiger partial charge in [-0.25, -0.2) is 0 Å². The topological polar surface area (TPSA) is 58.2 Å². The number of fused-ring (bicyclic) bond motifs is 1. The molecule has 4 aromatic rings. The maximum Gasteiger partial charge on any atom is 0.237 e. The van der Waals surface area contributed by atoms with Crippen LogP contribution in [0.3, 0.4) is 0 Å². The smallest absolute Gasteiger partial charge is 0.237 e. The van der Waals surface area contributed by atoms with Crippen molar-refractivity contribution >= 4 is 45.7 Å². The van der Waals surface area contributed by atoms with Gasteiger partial charge in [0, 0.05) is 21.7 Å². The van der Waals surface area contributed by atoms with E-state index in [9.17, 15) is 9.59 Å². The molecular formula is C28H26N2O2S. The van der Waals surface area contributed by atoms with Crippen LogP contribution in [0.5, 0.6) is 0 Å². The molecule has 0 aliphatic heterocycles. The second-order valence-electron chi connectivity index (χ2n) is 7.77. The Bertz CT molecular complexity index is 1250. The molecule has 5 heteroatoms. The first kappa shape index (κ1) is 22.6. The maximum atomic E-state index is 13.1. The van der Waals surface area contributed by atoms with Crippen LogP contribution < -0.4 is 10.6 Å². The number of nitrogens with one attached hydrogen (secondary N) is 2. The van der Waals surface area contributed by atoms with Crippen LogP contribution in [0.2, 0.25) is 0 Å². The van der Waals surface area contributed by atoms with E-state index in [0.29, 0.717) is 12.8 Å². The Morgan fingerprint density at radius 2 is 1.55 bits per heavy atom. The zero-order valence-corrected chi connectivity index (χ0v) is 19.3. The van der Waals surface area contributed by atoms with Crippen LogP contribution in [-0.2, 0) is 16.0 Å². The summed E-state index contributed by atoms with van der Waals surface area (Å²) < 4.78 is 0. The second-order valence-corrected chi connectivity index (χ2v) is 9.05. The highest BCUT2D eigenvalue weighted by molar-refractivity contribution is 8.00. The van der Waals surface area contributed by atoms with Gasteiger partial charge < -0.3 is 10.6 Å². The van der Waals surface area contributed by atoms with Crippen LogP contribution in [0.15, 0.2) is 102 Å². The molecule has 4 nitrogen and oxygen atoms in total. The lowest BCUT2D eigenvalue weighted by atomic mass is 10.1. The molecule has 0 saturated heterocycles. The number of thioether (sulfide) groups is 1. The number of rotatable bonds is 8. The minimum absolute atomic E-state index is 0.0302. The van der Waals surface area contributed by atoms with E-state index in [1.165, 1.54) is 11.8 Å². The Morgan fingerprint density at radius 1 is 0.818 bits per heavy atom. The fourth-order valence-electron chi connectivity index (χ4n) is 3.67. The van der Waals surface area contributed by atoms with Crippen molar-refractivity contribution in [1.82, 2.24) is 0 Å². The molecule has 2 N–H and O–H groups in total. The molecule has 2 amide bonds. The largest absolute Gasteiger partial charge is 0.326 e. The second kappa shape index (κ2) is 10.8. The predicted octanol–water partition coefficient (Wildman–Crippen LogP) is 6.53. The molecule has 0 fully saturated rings. The lowest BCUT2D eigenvalue weighted by Crippen LogP contribution is -2.24. The molecule has 0 spiro atoms. The molecule has 0 radical (unpaired) electrons. The molecule has 4 rings (SSSR count). The van der Waals surface area contributed by atoms with Crippen molar-refractivity contribution in [2.45, 2.75) is 29.9 Å². The minimum atomic E-state index is -0.251. The lowest BCUT2D eigenvalue weighted by Gasteiger charge is -2.16. The van der Waals surface area contributed by atoms with Gasteiger partial charge >= 0.3 is 0 Å². The summed E-state index contributed by atoms with van der Waals surface area (Å²) in [5.41, 5.74) is 2.51. The molecule has 166 valence electrons. The lowest BCUT2D eigenvalue weighted by molar-refractivity contribution is -0.116. The quantitative estimate of drug-likeness (QED) is 0.298. The Balaban J connectivity index is 1.41. The average molecular weight is 455 g/mol. The third-order valence-electron chi connectivity index (χ3n) is 5.31. The summed E-state index contributed by atoms with van der Waals surface area (Å²) in [7, 11) is 0. The van der Waals surface area contributed by atoms with Crippen molar-refractivity contribution < 1.29 is 9.59 Å². The third kappa shape index (κ3) is 6.02. The molecule has 0 aliphatic carbocycles. The summed E-state index contributed by atoms with van der Waals surface area (Å²) >= 11 is 1.50. The standard InChI is InChI=1S/C28H26N2O2S/c1-2-26(28(32)30-25-17-8-13-21-12-6-7-16-24(21)25)33-23-15-9-14-22(19-23)29-27(31)18-20-10-4-3-5-11-20/h3-17,19,26H,2,18H2,1H3,(H,29,31)(H,30,32). The SMILES string of the molecule is CCC(Sc1cccc(NC(=O)Cc2ccccc2)c1)C(=O)Nc1cccc2ccccc12. The van der Waals surface area contributed by atoms with Gasteiger partial charge in [0.2, 0.25) is 11.8 Å². The van der Waals surface area contributed by atoms with Crippen molar-refractivity contribution in [2.75, 3.05) is 10.6 Å². The van der Waals surface area contributed by atoms with Crippen molar-refractivity contribution in [2.24, 2.45) is 0 Å². The van der Waals surface area contributed by atoms with Crippen molar-refractivity contribution in [3.8, 4) is 0 Å². The summed E-state index contributed by atoms with van der Waals surface area (Å²) in [5, 5.41) is 7.93. The zero-order chi connectivity index (χ0) is 23.0. The van der Waals surface area contributed by atoms with E-state index in [2.05, 4.69) is 10.6 Å². The van der Waals surface area contributed by atoms with Gasteiger partial charge in [0.15, 0.2) is 0 Å². The van der Waals surface area contributed by atoms with Crippen LogP contribution in [0.1, 0.15) is 18.9 Å². The zero-order valence-electron chi connectivity index (χ0n) is 18.5. The first-order valence-electron chi connectivity index (χ1n) is 11.0. The van der Waals surface area contributed by atoms with Gasteiger partial charge in [-0.2, -0.15) is 0 Å². The molecule has 4 aromatic carbocycles. The predicted molar refractivity (Wildman–Crippen MR) is 138 cm³/mol. The first-order chi connectivity index (χ1) is 16.1. The Labute approximate surface area is 198 Å². The number of hydrogen-bond acceptors (Lipinski definition) is 3. The summed E-state index contributed by atoms with van der Waals surface area (Å²) in [6, 6.07) is 31.2. The molecule has 0 saturated carbocycles. The van der Waals surface area contributed by atoms with Crippen LogP contribution in [0, 0.1) is 0 Å². The average Bonchev–Trinajstić information content (AvgIpc) is 2.83. The van der Waals surface area contributed by atoms with E-state index in [-0.39, 0.29) is 17.1 Å². The van der Waals surface area contributed by atoms with Gasteiger partial charge in [0.25, 0.3) is 0 Å². The van der Waals surface area contributed by atoms with Gasteiger partial charge in [0.05, 0.1) is 11.7 Å². The van der Waals surface area contributed by atoms with Crippen LogP contribution in [0.4, 0.5) is 11.4 Å². The van der Waals surface area contributed by atoms with Crippen molar-refractivity contribution in [3.63, 3.8) is 0 Å². The highest BCUT2D eigenvalue weighted by atomic mass is 32.2. The van der Waals surface area contributed by atoms with Gasteiger partial charge in [0.1, 0.15) is 0 Å². The third-order valence-corrected chi connectivity index (χ3v) is 6.67. The molecule has 0 aromatic heterocycles. The number of carbonyl (C=O) groups excluding carboxylic acids is 2. The number of hydrogen-bond donors (Lipinski definition) is 2. The van der Waals surface area contributed by atoms with E-state index in [4.69, 9.17) is 0 Å². The van der Waals surface area contributed by atoms with Crippen molar-refractivity contribution in [3.05, 3.63) is 103 Å². The van der Waals surface area contributed by atoms with Gasteiger partial charge in [-0.1, -0.05) is 79.7 Å². The number of anilines is 2. The Hall–Kier alpha value is -3.57. The normalized spacial score (nSPS) is 11.7. The summed E-state index contributed by atoms with van der Waals surface area (Å²) in [6.07, 6.45) is 1.01. The highest BCUT2D eigenvalue weighted by Crippen LogP contribution is 2.30. The first-order valence-corrected chi connectivity index (χ1v) is 11.9. The Kier molecular flexibility index (Phi) is 7.43. The number of amides is 2. The van der Waals surface area contributed by atoms with E-state index >= 15 is 0 Å². The summed E-state index contributed by atoms with van der Waals surface area (Å²) in [4.78, 5) is 26.4. The molecule has 1 atom stereocenters. The van der Waals surface area contributed by atoms with Crippen LogP contribution in [0.25, 0.3) is 10.8 Å². The van der Waals surface area contributed by atoms with Crippen LogP contribution >= 0.6 is 11.8 Å². The van der Waals surface area contributed by atoms with E-state index < -0.39 is 0 Å². The molecule has 1 unspecified atom stereocenters. The van der Waals surface area contributed by atoms with E-state index in [0.717, 1.165) is 32.6 Å². The number of benzene rings is 4. The van der Waals surface area contributed by atoms with Crippen LogP contribution in [-0.4, -0.2) is 17.1 Å². The fourth-order valence-corrected chi connectivity index (χ4v) is 4.68. The molecule has 0 aliphatic rings. The van der Waals surface area contributed by atoms with E-state index in [1.807, 2.05) is 104 Å². The molecule has 33 heavy (non-hydrogen) atoms. The van der Waals surface area contributed by atoms with Gasteiger partial charge in [-0.05, 0) is 41.6 Å². The fraction of sp³-hybridized carbons (Fsp3) is 0.143. The van der Waals surface area contributed by atoms with Crippen molar-refractivity contribution in [1.29, 1.82) is 0 Å². The molecule has 0 bridgehead atoms. The monoisotopic (exact) mass is 454 g/mol. The summed E-state index contributed by atoms with van der Waals surface area (Å²) in [6.45, 7) is 2.01. The number of carbonyl (C=O) groups is 2. The Morgan fingerprint density at radius 3 is 2.36 bits per heavy atom. The van der Waals surface area contributed by atoms with Gasteiger partial charge in [-0.15, -0.1) is 11.8 Å².